The summed E-state index contributed by atoms with van der Waals surface area (Å²) in [4.78, 5) is 19.1. The van der Waals surface area contributed by atoms with E-state index in [9.17, 15) is 4.79 Å². The maximum atomic E-state index is 12.6. The molecule has 1 unspecified atom stereocenters. The summed E-state index contributed by atoms with van der Waals surface area (Å²) < 4.78 is 5.40. The van der Waals surface area contributed by atoms with Crippen molar-refractivity contribution in [2.24, 2.45) is 5.92 Å². The summed E-state index contributed by atoms with van der Waals surface area (Å²) in [5, 5.41) is 7.12. The van der Waals surface area contributed by atoms with Gasteiger partial charge < -0.3 is 9.84 Å². The number of nitrogens with zero attached hydrogens (tertiary/aromatic N) is 2. The van der Waals surface area contributed by atoms with Gasteiger partial charge in [0.15, 0.2) is 5.82 Å². The van der Waals surface area contributed by atoms with Crippen LogP contribution >= 0.6 is 11.3 Å². The molecule has 1 saturated carbocycles. The number of aryl methyl sites for hydroxylation is 2. The van der Waals surface area contributed by atoms with Crippen molar-refractivity contribution in [3.8, 4) is 0 Å². The molecule has 0 radical (unpaired) electrons. The van der Waals surface area contributed by atoms with Gasteiger partial charge in [-0.2, -0.15) is 4.98 Å². The van der Waals surface area contributed by atoms with Gasteiger partial charge in [-0.05, 0) is 43.7 Å². The lowest BCUT2D eigenvalue weighted by Crippen LogP contribution is -2.31. The molecule has 1 fully saturated rings. The van der Waals surface area contributed by atoms with Crippen molar-refractivity contribution in [1.82, 2.24) is 15.5 Å². The minimum Gasteiger partial charge on any atom is -0.339 e. The molecule has 0 spiro atoms. The lowest BCUT2D eigenvalue weighted by atomic mass is 10.0. The van der Waals surface area contributed by atoms with Gasteiger partial charge in [0.2, 0.25) is 5.89 Å². The van der Waals surface area contributed by atoms with E-state index in [1.807, 2.05) is 26.8 Å². The van der Waals surface area contributed by atoms with E-state index < -0.39 is 0 Å². The Bertz CT molecular complexity index is 701. The van der Waals surface area contributed by atoms with E-state index in [1.54, 1.807) is 11.3 Å². The zero-order valence-corrected chi connectivity index (χ0v) is 14.9. The summed E-state index contributed by atoms with van der Waals surface area (Å²) >= 11 is 1.56. The molecule has 1 atom stereocenters. The zero-order valence-electron chi connectivity index (χ0n) is 14.0. The summed E-state index contributed by atoms with van der Waals surface area (Å²) in [5.41, 5.74) is 1.18. The van der Waals surface area contributed by atoms with Crippen LogP contribution in [0.1, 0.15) is 77.4 Å². The Balaban J connectivity index is 1.76. The molecule has 0 aromatic carbocycles. The SMILES string of the molecule is CCc1sc(C(=O)NC(c2nc(C3CC3)no2)C(C)C)cc1C. The van der Waals surface area contributed by atoms with E-state index in [1.165, 1.54) is 10.4 Å². The highest BCUT2D eigenvalue weighted by atomic mass is 32.1. The molecule has 0 aliphatic heterocycles. The number of rotatable bonds is 6. The Morgan fingerprint density at radius 2 is 2.22 bits per heavy atom. The Morgan fingerprint density at radius 1 is 1.48 bits per heavy atom. The fourth-order valence-corrected chi connectivity index (χ4v) is 3.61. The largest absolute Gasteiger partial charge is 0.339 e. The topological polar surface area (TPSA) is 68.0 Å². The number of carbonyl (C=O) groups excluding carboxylic acids is 1. The fourth-order valence-electron chi connectivity index (χ4n) is 2.59. The summed E-state index contributed by atoms with van der Waals surface area (Å²) in [7, 11) is 0. The molecule has 2 aromatic rings. The number of hydrogen-bond acceptors (Lipinski definition) is 5. The molecule has 1 aliphatic carbocycles. The molecule has 23 heavy (non-hydrogen) atoms. The van der Waals surface area contributed by atoms with Gasteiger partial charge in [0.05, 0.1) is 4.88 Å². The van der Waals surface area contributed by atoms with Gasteiger partial charge in [0.25, 0.3) is 5.91 Å². The monoisotopic (exact) mass is 333 g/mol. The van der Waals surface area contributed by atoms with Crippen LogP contribution in [0.4, 0.5) is 0 Å². The van der Waals surface area contributed by atoms with Crippen molar-refractivity contribution in [1.29, 1.82) is 0 Å². The van der Waals surface area contributed by atoms with Gasteiger partial charge in [-0.3, -0.25) is 4.79 Å². The van der Waals surface area contributed by atoms with Gasteiger partial charge in [0, 0.05) is 10.8 Å². The number of thiophene rings is 1. The second-order valence-electron chi connectivity index (χ2n) is 6.53. The maximum Gasteiger partial charge on any atom is 0.262 e. The van der Waals surface area contributed by atoms with Crippen molar-refractivity contribution >= 4 is 17.2 Å². The molecule has 2 aromatic heterocycles. The third kappa shape index (κ3) is 3.47. The van der Waals surface area contributed by atoms with Crippen molar-refractivity contribution in [2.45, 2.75) is 58.9 Å². The second-order valence-corrected chi connectivity index (χ2v) is 7.67. The lowest BCUT2D eigenvalue weighted by Gasteiger charge is -2.18. The summed E-state index contributed by atoms with van der Waals surface area (Å²) in [5.74, 6) is 1.85. The minimum absolute atomic E-state index is 0.0670. The van der Waals surface area contributed by atoms with Crippen LogP contribution in [-0.4, -0.2) is 16.0 Å². The van der Waals surface area contributed by atoms with Gasteiger partial charge in [-0.1, -0.05) is 25.9 Å². The van der Waals surface area contributed by atoms with Gasteiger partial charge >= 0.3 is 0 Å². The average Bonchev–Trinajstić information content (AvgIpc) is 3.13. The van der Waals surface area contributed by atoms with E-state index in [0.29, 0.717) is 11.8 Å². The highest BCUT2D eigenvalue weighted by molar-refractivity contribution is 7.14. The van der Waals surface area contributed by atoms with Crippen LogP contribution in [0.15, 0.2) is 10.6 Å². The number of aromatic nitrogens is 2. The molecule has 1 N–H and O–H groups in total. The number of carbonyl (C=O) groups is 1. The number of hydrogen-bond donors (Lipinski definition) is 1. The van der Waals surface area contributed by atoms with E-state index in [0.717, 1.165) is 30.0 Å². The van der Waals surface area contributed by atoms with E-state index in [2.05, 4.69) is 22.4 Å². The Morgan fingerprint density at radius 3 is 2.78 bits per heavy atom. The van der Waals surface area contributed by atoms with E-state index in [4.69, 9.17) is 4.52 Å². The van der Waals surface area contributed by atoms with Crippen LogP contribution in [0.2, 0.25) is 0 Å². The average molecular weight is 333 g/mol. The van der Waals surface area contributed by atoms with Crippen molar-refractivity contribution in [2.75, 3.05) is 0 Å². The van der Waals surface area contributed by atoms with Gasteiger partial charge in [-0.15, -0.1) is 11.3 Å². The molecule has 6 heteroatoms. The summed E-state index contributed by atoms with van der Waals surface area (Å²) in [6, 6.07) is 1.70. The van der Waals surface area contributed by atoms with Crippen molar-refractivity contribution in [3.05, 3.63) is 33.1 Å². The first-order valence-corrected chi connectivity index (χ1v) is 9.04. The molecule has 124 valence electrons. The standard InChI is InChI=1S/C17H23N3O2S/c1-5-12-10(4)8-13(23-12)16(21)18-14(9(2)3)17-19-15(20-22-17)11-6-7-11/h8-9,11,14H,5-7H2,1-4H3,(H,18,21). The Kier molecular flexibility index (Phi) is 4.53. The van der Waals surface area contributed by atoms with Crippen LogP contribution in [0, 0.1) is 12.8 Å². The van der Waals surface area contributed by atoms with Crippen LogP contribution in [0.5, 0.6) is 0 Å². The second kappa shape index (κ2) is 6.43. The molecule has 5 nitrogen and oxygen atoms in total. The molecular formula is C17H23N3O2S. The Labute approximate surface area is 140 Å². The third-order valence-corrected chi connectivity index (χ3v) is 5.56. The number of nitrogens with one attached hydrogen (secondary N) is 1. The Hall–Kier alpha value is -1.69. The zero-order chi connectivity index (χ0) is 16.6. The highest BCUT2D eigenvalue weighted by Gasteiger charge is 2.32. The third-order valence-electron chi connectivity index (χ3n) is 4.18. The van der Waals surface area contributed by atoms with Gasteiger partial charge in [-0.25, -0.2) is 0 Å². The maximum absolute atomic E-state index is 12.6. The van der Waals surface area contributed by atoms with Crippen molar-refractivity contribution in [3.63, 3.8) is 0 Å². The molecule has 1 amide bonds. The fraction of sp³-hybridized carbons (Fsp3) is 0.588. The van der Waals surface area contributed by atoms with E-state index >= 15 is 0 Å². The van der Waals surface area contributed by atoms with Crippen LogP contribution in [0.3, 0.4) is 0 Å². The smallest absolute Gasteiger partial charge is 0.262 e. The van der Waals surface area contributed by atoms with E-state index in [-0.39, 0.29) is 17.9 Å². The predicted molar refractivity (Wildman–Crippen MR) is 89.8 cm³/mol. The molecule has 1 aliphatic rings. The van der Waals surface area contributed by atoms with Crippen LogP contribution < -0.4 is 5.32 Å². The molecular weight excluding hydrogens is 310 g/mol. The molecule has 0 bridgehead atoms. The highest BCUT2D eigenvalue weighted by Crippen LogP contribution is 2.38. The molecule has 3 rings (SSSR count). The minimum atomic E-state index is -0.255. The quantitative estimate of drug-likeness (QED) is 0.867. The lowest BCUT2D eigenvalue weighted by molar-refractivity contribution is 0.0918. The predicted octanol–water partition coefficient (Wildman–Crippen LogP) is 4.01. The first-order valence-electron chi connectivity index (χ1n) is 8.23. The first-order chi connectivity index (χ1) is 11.0. The first kappa shape index (κ1) is 16.2. The summed E-state index contributed by atoms with van der Waals surface area (Å²) in [6.07, 6.45) is 3.21. The van der Waals surface area contributed by atoms with Gasteiger partial charge in [0.1, 0.15) is 6.04 Å². The summed E-state index contributed by atoms with van der Waals surface area (Å²) in [6.45, 7) is 8.24. The van der Waals surface area contributed by atoms with Crippen LogP contribution in [-0.2, 0) is 6.42 Å². The molecule has 2 heterocycles. The van der Waals surface area contributed by atoms with Crippen LogP contribution in [0.25, 0.3) is 0 Å². The van der Waals surface area contributed by atoms with Crippen molar-refractivity contribution < 1.29 is 9.32 Å². The number of amides is 1. The molecule has 0 saturated heterocycles. The normalized spacial score (nSPS) is 15.9.